The molecule has 29 heavy (non-hydrogen) atoms. The van der Waals surface area contributed by atoms with Gasteiger partial charge in [-0.3, -0.25) is 9.59 Å². The Hall–Kier alpha value is -2.81. The summed E-state index contributed by atoms with van der Waals surface area (Å²) in [7, 11) is 0. The highest BCUT2D eigenvalue weighted by Gasteiger charge is 2.32. The first kappa shape index (κ1) is 20.9. The molecular weight excluding hydrogens is 405 g/mol. The van der Waals surface area contributed by atoms with Crippen LogP contribution in [0.2, 0.25) is 0 Å². The summed E-state index contributed by atoms with van der Waals surface area (Å²) in [6, 6.07) is 12.6. The van der Waals surface area contributed by atoms with E-state index in [-0.39, 0.29) is 30.3 Å². The third-order valence-electron chi connectivity index (χ3n) is 4.01. The van der Waals surface area contributed by atoms with Crippen LogP contribution in [0.3, 0.4) is 0 Å². The molecule has 0 aliphatic carbocycles. The normalized spacial score (nSPS) is 18.0. The van der Waals surface area contributed by atoms with Crippen LogP contribution in [0, 0.1) is 6.92 Å². The average molecular weight is 422 g/mol. The summed E-state index contributed by atoms with van der Waals surface area (Å²) >= 11 is 1.19. The Balaban J connectivity index is 1.55. The van der Waals surface area contributed by atoms with Gasteiger partial charge in [0.2, 0.25) is 5.91 Å². The number of Topliss-reactive ketones (excluding diaryl/α,β-unsaturated/α-hetero) is 1. The molecule has 2 aromatic carbocycles. The smallest absolute Gasteiger partial charge is 0.406 e. The first-order chi connectivity index (χ1) is 13.7. The number of amidine groups is 1. The Morgan fingerprint density at radius 1 is 1.14 bits per heavy atom. The number of hydrogen-bond donors (Lipinski definition) is 1. The predicted octanol–water partition coefficient (Wildman–Crippen LogP) is 4.31. The number of hydrogen-bond acceptors (Lipinski definition) is 5. The standard InChI is InChI=1S/C20H17F3N2O3S/c1-12-2-6-14(7-3-12)24-19-25-18(27)17(29-19)11-15(26)10-13-4-8-16(9-5-13)28-20(21,22)23/h2-9,17H,10-11H2,1H3,(H,24,25,27). The van der Waals surface area contributed by atoms with E-state index < -0.39 is 11.6 Å². The molecular formula is C20H17F3N2O3S. The van der Waals surface area contributed by atoms with Gasteiger partial charge in [0.05, 0.1) is 10.9 Å². The van der Waals surface area contributed by atoms with Crippen LogP contribution in [0.4, 0.5) is 18.9 Å². The third kappa shape index (κ3) is 6.35. The number of aliphatic imine (C=N–C) groups is 1. The van der Waals surface area contributed by atoms with Crippen LogP contribution >= 0.6 is 11.8 Å². The van der Waals surface area contributed by atoms with Crippen LogP contribution in [-0.4, -0.2) is 28.5 Å². The van der Waals surface area contributed by atoms with Gasteiger partial charge in [0, 0.05) is 12.8 Å². The van der Waals surface area contributed by atoms with Crippen LogP contribution < -0.4 is 10.1 Å². The van der Waals surface area contributed by atoms with E-state index in [1.807, 2.05) is 31.2 Å². The minimum atomic E-state index is -4.76. The molecule has 1 unspecified atom stereocenters. The number of ketones is 1. The zero-order valence-electron chi connectivity index (χ0n) is 15.3. The van der Waals surface area contributed by atoms with Gasteiger partial charge in [-0.25, -0.2) is 4.99 Å². The van der Waals surface area contributed by atoms with Crippen molar-refractivity contribution < 1.29 is 27.5 Å². The fraction of sp³-hybridized carbons (Fsp3) is 0.250. The summed E-state index contributed by atoms with van der Waals surface area (Å²) in [6.45, 7) is 1.96. The van der Waals surface area contributed by atoms with Gasteiger partial charge in [0.1, 0.15) is 11.5 Å². The number of amides is 1. The van der Waals surface area contributed by atoms with Crippen molar-refractivity contribution in [2.24, 2.45) is 4.99 Å². The number of ether oxygens (including phenoxy) is 1. The summed E-state index contributed by atoms with van der Waals surface area (Å²) < 4.78 is 40.3. The summed E-state index contributed by atoms with van der Waals surface area (Å²) in [5.74, 6) is -0.835. The average Bonchev–Trinajstić information content (AvgIpc) is 2.96. The maximum absolute atomic E-state index is 12.3. The Morgan fingerprint density at radius 3 is 2.41 bits per heavy atom. The molecule has 3 rings (SSSR count). The second-order valence-corrected chi connectivity index (χ2v) is 7.65. The number of halogens is 3. The lowest BCUT2D eigenvalue weighted by Crippen LogP contribution is -2.26. The fourth-order valence-corrected chi connectivity index (χ4v) is 3.67. The number of nitrogens with zero attached hydrogens (tertiary/aromatic N) is 1. The number of benzene rings is 2. The molecule has 1 saturated heterocycles. The lowest BCUT2D eigenvalue weighted by molar-refractivity contribution is -0.274. The van der Waals surface area contributed by atoms with Gasteiger partial charge in [-0.05, 0) is 36.8 Å². The minimum absolute atomic E-state index is 0.00419. The highest BCUT2D eigenvalue weighted by Crippen LogP contribution is 2.26. The molecule has 0 spiro atoms. The van der Waals surface area contributed by atoms with E-state index in [0.29, 0.717) is 16.4 Å². The SMILES string of the molecule is Cc1ccc(N=C2NC(=O)C(CC(=O)Cc3ccc(OC(F)(F)F)cc3)S2)cc1. The highest BCUT2D eigenvalue weighted by molar-refractivity contribution is 8.15. The zero-order chi connectivity index (χ0) is 21.0. The van der Waals surface area contributed by atoms with Crippen molar-refractivity contribution in [2.75, 3.05) is 0 Å². The van der Waals surface area contributed by atoms with Crippen molar-refractivity contribution in [3.63, 3.8) is 0 Å². The third-order valence-corrected chi connectivity index (χ3v) is 5.09. The number of carbonyl (C=O) groups excluding carboxylic acids is 2. The van der Waals surface area contributed by atoms with Crippen molar-refractivity contribution >= 4 is 34.3 Å². The molecule has 1 aliphatic rings. The van der Waals surface area contributed by atoms with E-state index in [1.165, 1.54) is 23.9 Å². The summed E-state index contributed by atoms with van der Waals surface area (Å²) in [6.07, 6.45) is -4.74. The second-order valence-electron chi connectivity index (χ2n) is 6.46. The predicted molar refractivity (Wildman–Crippen MR) is 104 cm³/mol. The van der Waals surface area contributed by atoms with Gasteiger partial charge < -0.3 is 10.1 Å². The highest BCUT2D eigenvalue weighted by atomic mass is 32.2. The van der Waals surface area contributed by atoms with Gasteiger partial charge in [-0.15, -0.1) is 13.2 Å². The second kappa shape index (κ2) is 8.69. The lowest BCUT2D eigenvalue weighted by Gasteiger charge is -2.09. The molecule has 1 atom stereocenters. The number of nitrogens with one attached hydrogen (secondary N) is 1. The summed E-state index contributed by atoms with van der Waals surface area (Å²) in [5.41, 5.74) is 2.34. The molecule has 1 N–H and O–H groups in total. The Morgan fingerprint density at radius 2 is 1.79 bits per heavy atom. The minimum Gasteiger partial charge on any atom is -0.406 e. The van der Waals surface area contributed by atoms with Crippen LogP contribution in [0.25, 0.3) is 0 Å². The molecule has 5 nitrogen and oxygen atoms in total. The molecule has 1 fully saturated rings. The maximum Gasteiger partial charge on any atom is 0.573 e. The topological polar surface area (TPSA) is 67.8 Å². The molecule has 2 aromatic rings. The van der Waals surface area contributed by atoms with E-state index in [0.717, 1.165) is 17.7 Å². The quantitative estimate of drug-likeness (QED) is 0.753. The maximum atomic E-state index is 12.3. The summed E-state index contributed by atoms with van der Waals surface area (Å²) in [5, 5.41) is 2.52. The van der Waals surface area contributed by atoms with Gasteiger partial charge in [-0.2, -0.15) is 0 Å². The van der Waals surface area contributed by atoms with Crippen LogP contribution in [0.5, 0.6) is 5.75 Å². The van der Waals surface area contributed by atoms with Crippen LogP contribution in [0.1, 0.15) is 17.5 Å². The molecule has 1 heterocycles. The molecule has 1 amide bonds. The Kier molecular flexibility index (Phi) is 6.26. The molecule has 0 radical (unpaired) electrons. The van der Waals surface area contributed by atoms with E-state index >= 15 is 0 Å². The number of carbonyl (C=O) groups is 2. The monoisotopic (exact) mass is 422 g/mol. The molecule has 1 aliphatic heterocycles. The van der Waals surface area contributed by atoms with Crippen LogP contribution in [0.15, 0.2) is 53.5 Å². The van der Waals surface area contributed by atoms with Crippen LogP contribution in [-0.2, 0) is 16.0 Å². The largest absolute Gasteiger partial charge is 0.573 e. The van der Waals surface area contributed by atoms with Crippen molar-refractivity contribution in [1.29, 1.82) is 0 Å². The molecule has 152 valence electrons. The first-order valence-electron chi connectivity index (χ1n) is 8.67. The molecule has 0 saturated carbocycles. The van der Waals surface area contributed by atoms with E-state index in [4.69, 9.17) is 0 Å². The lowest BCUT2D eigenvalue weighted by atomic mass is 10.1. The number of thioether (sulfide) groups is 1. The number of aryl methyl sites for hydroxylation is 1. The van der Waals surface area contributed by atoms with Crippen molar-refractivity contribution in [3.05, 3.63) is 59.7 Å². The van der Waals surface area contributed by atoms with Crippen molar-refractivity contribution in [1.82, 2.24) is 5.32 Å². The van der Waals surface area contributed by atoms with E-state index in [1.54, 1.807) is 0 Å². The van der Waals surface area contributed by atoms with E-state index in [9.17, 15) is 22.8 Å². The van der Waals surface area contributed by atoms with Gasteiger partial charge in [-0.1, -0.05) is 41.6 Å². The Labute approximate surface area is 169 Å². The summed E-state index contributed by atoms with van der Waals surface area (Å²) in [4.78, 5) is 28.8. The van der Waals surface area contributed by atoms with Crippen molar-refractivity contribution in [2.45, 2.75) is 31.4 Å². The van der Waals surface area contributed by atoms with E-state index in [2.05, 4.69) is 15.0 Å². The zero-order valence-corrected chi connectivity index (χ0v) is 16.1. The molecule has 0 aromatic heterocycles. The van der Waals surface area contributed by atoms with Gasteiger partial charge >= 0.3 is 6.36 Å². The number of alkyl halides is 3. The van der Waals surface area contributed by atoms with Crippen molar-refractivity contribution in [3.8, 4) is 5.75 Å². The fourth-order valence-electron chi connectivity index (χ4n) is 2.64. The molecule has 0 bridgehead atoms. The van der Waals surface area contributed by atoms with Gasteiger partial charge in [0.15, 0.2) is 5.17 Å². The Bertz CT molecular complexity index is 925. The first-order valence-corrected chi connectivity index (χ1v) is 9.55. The molecule has 9 heteroatoms. The number of rotatable bonds is 6. The van der Waals surface area contributed by atoms with Gasteiger partial charge in [0.25, 0.3) is 0 Å².